The first-order valence-corrected chi connectivity index (χ1v) is 10.8. The zero-order valence-electron chi connectivity index (χ0n) is 17.4. The fourth-order valence-corrected chi connectivity index (χ4v) is 4.30. The van der Waals surface area contributed by atoms with Gasteiger partial charge in [-0.25, -0.2) is 4.98 Å². The standard InChI is InChI=1S/C22H25N3O4S/c1-4-27-16-7-8-17-20(13-16)30-22(23-17)25(11-5-10-24(2)3)21(26)15-6-9-18-19(12-15)29-14-28-18/h6-9,12-13H,4-5,10-11,14H2,1-3H3. The van der Waals surface area contributed by atoms with Crippen molar-refractivity contribution in [1.29, 1.82) is 0 Å². The van der Waals surface area contributed by atoms with Gasteiger partial charge in [0, 0.05) is 12.1 Å². The van der Waals surface area contributed by atoms with Gasteiger partial charge in [0.2, 0.25) is 6.79 Å². The molecule has 158 valence electrons. The molecule has 0 fully saturated rings. The largest absolute Gasteiger partial charge is 0.494 e. The van der Waals surface area contributed by atoms with E-state index in [2.05, 4.69) is 4.90 Å². The summed E-state index contributed by atoms with van der Waals surface area (Å²) in [4.78, 5) is 22.0. The number of anilines is 1. The van der Waals surface area contributed by atoms with Crippen molar-refractivity contribution < 1.29 is 19.0 Å². The van der Waals surface area contributed by atoms with E-state index in [0.717, 1.165) is 28.9 Å². The molecule has 1 aliphatic heterocycles. The lowest BCUT2D eigenvalue weighted by atomic mass is 10.1. The zero-order valence-corrected chi connectivity index (χ0v) is 18.2. The Bertz CT molecular complexity index is 1050. The molecule has 1 amide bonds. The molecule has 0 spiro atoms. The topological polar surface area (TPSA) is 64.1 Å². The summed E-state index contributed by atoms with van der Waals surface area (Å²) in [6.45, 7) is 4.20. The molecule has 0 aliphatic carbocycles. The number of thiazole rings is 1. The Morgan fingerprint density at radius 3 is 2.77 bits per heavy atom. The lowest BCUT2D eigenvalue weighted by Gasteiger charge is -2.21. The van der Waals surface area contributed by atoms with Crippen LogP contribution in [0.2, 0.25) is 0 Å². The summed E-state index contributed by atoms with van der Waals surface area (Å²) in [6, 6.07) is 11.1. The first-order valence-electron chi connectivity index (χ1n) is 9.95. The minimum Gasteiger partial charge on any atom is -0.494 e. The molecule has 3 aromatic rings. The molecule has 1 aromatic heterocycles. The molecule has 0 unspecified atom stereocenters. The van der Waals surface area contributed by atoms with E-state index >= 15 is 0 Å². The monoisotopic (exact) mass is 427 g/mol. The van der Waals surface area contributed by atoms with E-state index < -0.39 is 0 Å². The van der Waals surface area contributed by atoms with Crippen LogP contribution in [-0.4, -0.2) is 56.4 Å². The van der Waals surface area contributed by atoms with Gasteiger partial charge in [0.05, 0.1) is 16.8 Å². The average molecular weight is 428 g/mol. The molecule has 2 heterocycles. The molecule has 2 aromatic carbocycles. The SMILES string of the molecule is CCOc1ccc2nc(N(CCCN(C)C)C(=O)c3ccc4c(c3)OCO4)sc2c1. The van der Waals surface area contributed by atoms with E-state index in [1.165, 1.54) is 11.3 Å². The van der Waals surface area contributed by atoms with Gasteiger partial charge in [0.1, 0.15) is 5.75 Å². The molecule has 0 saturated heterocycles. The highest BCUT2D eigenvalue weighted by molar-refractivity contribution is 7.22. The molecule has 0 radical (unpaired) electrons. The van der Waals surface area contributed by atoms with Gasteiger partial charge in [-0.15, -0.1) is 0 Å². The van der Waals surface area contributed by atoms with Crippen molar-refractivity contribution in [2.75, 3.05) is 45.5 Å². The fourth-order valence-electron chi connectivity index (χ4n) is 3.28. The lowest BCUT2D eigenvalue weighted by Crippen LogP contribution is -2.33. The van der Waals surface area contributed by atoms with Crippen LogP contribution in [0.4, 0.5) is 5.13 Å². The molecule has 0 atom stereocenters. The van der Waals surface area contributed by atoms with Crippen molar-refractivity contribution in [3.05, 3.63) is 42.0 Å². The van der Waals surface area contributed by atoms with E-state index in [1.807, 2.05) is 39.2 Å². The summed E-state index contributed by atoms with van der Waals surface area (Å²) in [5, 5.41) is 0.681. The third kappa shape index (κ3) is 4.34. The molecule has 0 N–H and O–H groups in total. The molecule has 7 nitrogen and oxygen atoms in total. The summed E-state index contributed by atoms with van der Waals surface area (Å²) in [5.41, 5.74) is 1.41. The van der Waals surface area contributed by atoms with Gasteiger partial charge in [0.25, 0.3) is 5.91 Å². The second kappa shape index (κ2) is 8.89. The van der Waals surface area contributed by atoms with Gasteiger partial charge in [-0.3, -0.25) is 9.69 Å². The second-order valence-corrected chi connectivity index (χ2v) is 8.25. The van der Waals surface area contributed by atoms with E-state index in [4.69, 9.17) is 19.2 Å². The van der Waals surface area contributed by atoms with Crippen molar-refractivity contribution in [2.45, 2.75) is 13.3 Å². The molecule has 8 heteroatoms. The van der Waals surface area contributed by atoms with Gasteiger partial charge < -0.3 is 19.1 Å². The molecule has 1 aliphatic rings. The van der Waals surface area contributed by atoms with Gasteiger partial charge in [0.15, 0.2) is 16.6 Å². The van der Waals surface area contributed by atoms with E-state index in [9.17, 15) is 4.79 Å². The average Bonchev–Trinajstić information content (AvgIpc) is 3.36. The summed E-state index contributed by atoms with van der Waals surface area (Å²) in [7, 11) is 4.05. The van der Waals surface area contributed by atoms with Crippen LogP contribution in [-0.2, 0) is 0 Å². The number of fused-ring (bicyclic) bond motifs is 2. The van der Waals surface area contributed by atoms with Crippen molar-refractivity contribution in [1.82, 2.24) is 9.88 Å². The molecule has 0 saturated carbocycles. The Morgan fingerprint density at radius 1 is 1.13 bits per heavy atom. The summed E-state index contributed by atoms with van der Waals surface area (Å²) in [6.07, 6.45) is 0.837. The van der Waals surface area contributed by atoms with Crippen LogP contribution in [0.25, 0.3) is 10.2 Å². The Morgan fingerprint density at radius 2 is 1.97 bits per heavy atom. The Balaban J connectivity index is 1.65. The predicted octanol–water partition coefficient (Wildman–Crippen LogP) is 4.02. The van der Waals surface area contributed by atoms with E-state index in [0.29, 0.717) is 35.3 Å². The first-order chi connectivity index (χ1) is 14.5. The number of carbonyl (C=O) groups is 1. The molecular formula is C22H25N3O4S. The van der Waals surface area contributed by atoms with Crippen molar-refractivity contribution in [3.63, 3.8) is 0 Å². The number of benzene rings is 2. The maximum Gasteiger partial charge on any atom is 0.260 e. The predicted molar refractivity (Wildman–Crippen MR) is 118 cm³/mol. The van der Waals surface area contributed by atoms with Crippen molar-refractivity contribution in [3.8, 4) is 17.2 Å². The quantitative estimate of drug-likeness (QED) is 0.541. The Hall–Kier alpha value is -2.84. The van der Waals surface area contributed by atoms with Gasteiger partial charge in [-0.2, -0.15) is 0 Å². The smallest absolute Gasteiger partial charge is 0.260 e. The molecule has 0 bridgehead atoms. The van der Waals surface area contributed by atoms with E-state index in [-0.39, 0.29) is 12.7 Å². The van der Waals surface area contributed by atoms with Crippen LogP contribution in [0.5, 0.6) is 17.2 Å². The summed E-state index contributed by atoms with van der Waals surface area (Å²) < 4.78 is 17.4. The Kier molecular flexibility index (Phi) is 6.06. The summed E-state index contributed by atoms with van der Waals surface area (Å²) in [5.74, 6) is 1.96. The van der Waals surface area contributed by atoms with Gasteiger partial charge in [-0.05, 0) is 70.4 Å². The maximum absolute atomic E-state index is 13.4. The van der Waals surface area contributed by atoms with Crippen LogP contribution >= 0.6 is 11.3 Å². The highest BCUT2D eigenvalue weighted by Crippen LogP contribution is 2.35. The number of rotatable bonds is 8. The van der Waals surface area contributed by atoms with Gasteiger partial charge in [-0.1, -0.05) is 11.3 Å². The number of nitrogens with zero attached hydrogens (tertiary/aromatic N) is 3. The van der Waals surface area contributed by atoms with Crippen LogP contribution in [0, 0.1) is 0 Å². The summed E-state index contributed by atoms with van der Waals surface area (Å²) >= 11 is 1.50. The number of aromatic nitrogens is 1. The maximum atomic E-state index is 13.4. The second-order valence-electron chi connectivity index (χ2n) is 7.24. The lowest BCUT2D eigenvalue weighted by molar-refractivity contribution is 0.0985. The normalized spacial score (nSPS) is 12.5. The van der Waals surface area contributed by atoms with Crippen molar-refractivity contribution in [2.24, 2.45) is 0 Å². The van der Waals surface area contributed by atoms with Gasteiger partial charge >= 0.3 is 0 Å². The number of ether oxygens (including phenoxy) is 3. The minimum atomic E-state index is -0.101. The fraction of sp³-hybridized carbons (Fsp3) is 0.364. The first kappa shape index (κ1) is 20.4. The zero-order chi connectivity index (χ0) is 21.1. The number of hydrogen-bond donors (Lipinski definition) is 0. The molecule has 30 heavy (non-hydrogen) atoms. The number of hydrogen-bond acceptors (Lipinski definition) is 7. The van der Waals surface area contributed by atoms with Crippen LogP contribution in [0.3, 0.4) is 0 Å². The third-order valence-electron chi connectivity index (χ3n) is 4.74. The Labute approximate surface area is 179 Å². The van der Waals surface area contributed by atoms with Crippen molar-refractivity contribution >= 4 is 32.6 Å². The van der Waals surface area contributed by atoms with Crippen LogP contribution in [0.1, 0.15) is 23.7 Å². The molecular weight excluding hydrogens is 402 g/mol. The number of amides is 1. The number of carbonyl (C=O) groups excluding carboxylic acids is 1. The highest BCUT2D eigenvalue weighted by atomic mass is 32.1. The van der Waals surface area contributed by atoms with E-state index in [1.54, 1.807) is 23.1 Å². The highest BCUT2D eigenvalue weighted by Gasteiger charge is 2.24. The van der Waals surface area contributed by atoms with Crippen LogP contribution in [0.15, 0.2) is 36.4 Å². The molecule has 4 rings (SSSR count). The van der Waals surface area contributed by atoms with Crippen LogP contribution < -0.4 is 19.1 Å². The third-order valence-corrected chi connectivity index (χ3v) is 5.78. The minimum absolute atomic E-state index is 0.101.